The van der Waals surface area contributed by atoms with E-state index in [2.05, 4.69) is 37.9 Å². The molecule has 0 bridgehead atoms. The molecule has 3 heterocycles. The highest BCUT2D eigenvalue weighted by Gasteiger charge is 2.27. The maximum Gasteiger partial charge on any atom is 0.147 e. The summed E-state index contributed by atoms with van der Waals surface area (Å²) in [6.07, 6.45) is 4.82. The Morgan fingerprint density at radius 1 is 1.40 bits per heavy atom. The van der Waals surface area contributed by atoms with Crippen LogP contribution < -0.4 is 5.73 Å². The normalized spacial score (nSPS) is 17.1. The van der Waals surface area contributed by atoms with E-state index < -0.39 is 0 Å². The van der Waals surface area contributed by atoms with Gasteiger partial charge in [-0.15, -0.1) is 10.2 Å². The quantitative estimate of drug-likeness (QED) is 0.855. The molecule has 0 amide bonds. The summed E-state index contributed by atoms with van der Waals surface area (Å²) in [6, 6.07) is 0.198. The molecule has 2 N–H and O–H groups in total. The van der Waals surface area contributed by atoms with Crippen molar-refractivity contribution in [3.8, 4) is 0 Å². The summed E-state index contributed by atoms with van der Waals surface area (Å²) in [5.74, 6) is 1.01. The Bertz CT molecular complexity index is 585. The highest BCUT2D eigenvalue weighted by atomic mass is 15.3. The first-order chi connectivity index (χ1) is 9.72. The molecule has 0 spiro atoms. The lowest BCUT2D eigenvalue weighted by atomic mass is 10.0. The first kappa shape index (κ1) is 13.3. The van der Waals surface area contributed by atoms with E-state index in [0.717, 1.165) is 37.6 Å². The highest BCUT2D eigenvalue weighted by molar-refractivity contribution is 5.22. The molecule has 2 aromatic heterocycles. The predicted molar refractivity (Wildman–Crippen MR) is 74.8 cm³/mol. The third kappa shape index (κ3) is 2.23. The van der Waals surface area contributed by atoms with Gasteiger partial charge in [0, 0.05) is 38.4 Å². The molecular weight excluding hydrogens is 254 g/mol. The Kier molecular flexibility index (Phi) is 3.54. The van der Waals surface area contributed by atoms with Crippen molar-refractivity contribution in [2.24, 2.45) is 12.8 Å². The maximum atomic E-state index is 6.04. The van der Waals surface area contributed by atoms with Gasteiger partial charge in [0.25, 0.3) is 0 Å². The second-order valence-corrected chi connectivity index (χ2v) is 5.22. The van der Waals surface area contributed by atoms with E-state index in [1.54, 1.807) is 6.33 Å². The van der Waals surface area contributed by atoms with Crippen LogP contribution in [0.25, 0.3) is 0 Å². The number of aromatic nitrogens is 5. The van der Waals surface area contributed by atoms with Crippen molar-refractivity contribution in [1.82, 2.24) is 29.4 Å². The van der Waals surface area contributed by atoms with Crippen molar-refractivity contribution >= 4 is 0 Å². The van der Waals surface area contributed by atoms with Crippen molar-refractivity contribution in [3.05, 3.63) is 29.6 Å². The van der Waals surface area contributed by atoms with Crippen LogP contribution in [-0.4, -0.2) is 42.5 Å². The van der Waals surface area contributed by atoms with Crippen molar-refractivity contribution in [3.63, 3.8) is 0 Å². The molecule has 7 heteroatoms. The second-order valence-electron chi connectivity index (χ2n) is 5.22. The molecule has 1 unspecified atom stereocenters. The van der Waals surface area contributed by atoms with Crippen molar-refractivity contribution in [2.45, 2.75) is 32.5 Å². The van der Waals surface area contributed by atoms with Crippen LogP contribution in [-0.2, 0) is 26.6 Å². The van der Waals surface area contributed by atoms with E-state index in [9.17, 15) is 0 Å². The molecule has 0 aromatic carbocycles. The van der Waals surface area contributed by atoms with Gasteiger partial charge in [0.1, 0.15) is 12.2 Å². The molecule has 0 saturated carbocycles. The zero-order valence-electron chi connectivity index (χ0n) is 12.0. The van der Waals surface area contributed by atoms with Gasteiger partial charge in [-0.3, -0.25) is 9.58 Å². The lowest BCUT2D eigenvalue weighted by Crippen LogP contribution is -2.39. The fourth-order valence-electron chi connectivity index (χ4n) is 2.93. The smallest absolute Gasteiger partial charge is 0.147 e. The summed E-state index contributed by atoms with van der Waals surface area (Å²) in [7, 11) is 1.96. The van der Waals surface area contributed by atoms with Gasteiger partial charge in [-0.05, 0) is 6.42 Å². The van der Waals surface area contributed by atoms with Crippen LogP contribution in [0.2, 0.25) is 0 Å². The van der Waals surface area contributed by atoms with Gasteiger partial charge in [-0.1, -0.05) is 6.92 Å². The third-order valence-corrected chi connectivity index (χ3v) is 3.96. The number of hydrogen-bond donors (Lipinski definition) is 1. The monoisotopic (exact) mass is 275 g/mol. The molecule has 7 nitrogen and oxygen atoms in total. The Morgan fingerprint density at radius 3 is 3.00 bits per heavy atom. The number of rotatable bonds is 4. The lowest BCUT2D eigenvalue weighted by molar-refractivity contribution is 0.155. The fraction of sp³-hybridized carbons (Fsp3) is 0.615. The Labute approximate surface area is 118 Å². The van der Waals surface area contributed by atoms with Crippen molar-refractivity contribution in [1.29, 1.82) is 0 Å². The van der Waals surface area contributed by atoms with Crippen LogP contribution in [0, 0.1) is 0 Å². The minimum atomic E-state index is 0.198. The number of nitrogens with zero attached hydrogens (tertiary/aromatic N) is 6. The Morgan fingerprint density at radius 2 is 2.25 bits per heavy atom. The molecule has 3 rings (SSSR count). The summed E-state index contributed by atoms with van der Waals surface area (Å²) in [5, 5.41) is 12.7. The number of nitrogens with two attached hydrogens (primary N) is 1. The van der Waals surface area contributed by atoms with Gasteiger partial charge < -0.3 is 10.3 Å². The largest absolute Gasteiger partial charge is 0.329 e. The van der Waals surface area contributed by atoms with E-state index in [0.29, 0.717) is 6.54 Å². The zero-order chi connectivity index (χ0) is 14.1. The number of hydrogen-bond acceptors (Lipinski definition) is 5. The van der Waals surface area contributed by atoms with Crippen LogP contribution in [0.1, 0.15) is 30.0 Å². The van der Waals surface area contributed by atoms with Gasteiger partial charge in [0.2, 0.25) is 0 Å². The summed E-state index contributed by atoms with van der Waals surface area (Å²) < 4.78 is 3.98. The number of aryl methyl sites for hydroxylation is 2. The molecule has 1 aliphatic heterocycles. The molecular formula is C13H21N7. The topological polar surface area (TPSA) is 77.8 Å². The SMILES string of the molecule is CCc1nn(C)cc1C(CN)N1CCn2cnnc2C1. The van der Waals surface area contributed by atoms with Gasteiger partial charge in [-0.25, -0.2) is 0 Å². The van der Waals surface area contributed by atoms with E-state index in [1.165, 1.54) is 5.56 Å². The van der Waals surface area contributed by atoms with Crippen molar-refractivity contribution in [2.75, 3.05) is 13.1 Å². The fourth-order valence-corrected chi connectivity index (χ4v) is 2.93. The van der Waals surface area contributed by atoms with Gasteiger partial charge in [-0.2, -0.15) is 5.10 Å². The van der Waals surface area contributed by atoms with Crippen LogP contribution in [0.4, 0.5) is 0 Å². The number of fused-ring (bicyclic) bond motifs is 1. The molecule has 108 valence electrons. The second kappa shape index (κ2) is 5.34. The predicted octanol–water partition coefficient (Wildman–Crippen LogP) is 0.0896. The van der Waals surface area contributed by atoms with Crippen LogP contribution in [0.3, 0.4) is 0 Å². The van der Waals surface area contributed by atoms with Gasteiger partial charge in [0.05, 0.1) is 18.3 Å². The Balaban J connectivity index is 1.87. The standard InChI is InChI=1S/C13H21N7/c1-3-11-10(7-18(2)17-11)12(6-14)19-4-5-20-9-15-16-13(20)8-19/h7,9,12H,3-6,8,14H2,1-2H3. The molecule has 2 aromatic rings. The Hall–Kier alpha value is -1.73. The third-order valence-electron chi connectivity index (χ3n) is 3.96. The summed E-state index contributed by atoms with van der Waals surface area (Å²) in [4.78, 5) is 2.38. The molecule has 20 heavy (non-hydrogen) atoms. The van der Waals surface area contributed by atoms with Crippen LogP contribution in [0.5, 0.6) is 0 Å². The average Bonchev–Trinajstić information content (AvgIpc) is 3.05. The van der Waals surface area contributed by atoms with E-state index in [1.807, 2.05) is 11.7 Å². The first-order valence-electron chi connectivity index (χ1n) is 7.06. The minimum Gasteiger partial charge on any atom is -0.329 e. The summed E-state index contributed by atoms with van der Waals surface area (Å²) in [5.41, 5.74) is 8.42. The summed E-state index contributed by atoms with van der Waals surface area (Å²) >= 11 is 0. The highest BCUT2D eigenvalue weighted by Crippen LogP contribution is 2.26. The minimum absolute atomic E-state index is 0.198. The van der Waals surface area contributed by atoms with E-state index in [4.69, 9.17) is 5.73 Å². The zero-order valence-corrected chi connectivity index (χ0v) is 12.0. The average molecular weight is 275 g/mol. The molecule has 0 saturated heterocycles. The molecule has 0 aliphatic carbocycles. The van der Waals surface area contributed by atoms with Crippen LogP contribution >= 0.6 is 0 Å². The van der Waals surface area contributed by atoms with Gasteiger partial charge >= 0.3 is 0 Å². The first-order valence-corrected chi connectivity index (χ1v) is 7.06. The maximum absolute atomic E-state index is 6.04. The summed E-state index contributed by atoms with van der Waals surface area (Å²) in [6.45, 7) is 5.39. The molecule has 0 radical (unpaired) electrons. The van der Waals surface area contributed by atoms with Crippen LogP contribution in [0.15, 0.2) is 12.5 Å². The molecule has 0 fully saturated rings. The van der Waals surface area contributed by atoms with E-state index in [-0.39, 0.29) is 6.04 Å². The molecule has 1 aliphatic rings. The van der Waals surface area contributed by atoms with Crippen molar-refractivity contribution < 1.29 is 0 Å². The lowest BCUT2D eigenvalue weighted by Gasteiger charge is -2.33. The van der Waals surface area contributed by atoms with E-state index >= 15 is 0 Å². The van der Waals surface area contributed by atoms with Gasteiger partial charge in [0.15, 0.2) is 0 Å². The molecule has 1 atom stereocenters.